The molecule has 0 radical (unpaired) electrons. The Kier molecular flexibility index (Phi) is 29.2. The molecule has 12 nitrogen and oxygen atoms in total. The molecule has 0 spiro atoms. The van der Waals surface area contributed by atoms with Gasteiger partial charge in [-0.05, 0) is 237 Å². The lowest BCUT2D eigenvalue weighted by molar-refractivity contribution is 0.0719. The molecule has 0 aliphatic carbocycles. The number of aryl methyl sites for hydroxylation is 10. The lowest BCUT2D eigenvalue weighted by atomic mass is 10.0. The zero-order valence-electron chi connectivity index (χ0n) is 60.9. The maximum absolute atomic E-state index is 12.3. The van der Waals surface area contributed by atoms with Gasteiger partial charge >= 0.3 is 35.8 Å². The van der Waals surface area contributed by atoms with E-state index in [2.05, 4.69) is 62.4 Å². The third kappa shape index (κ3) is 25.6. The highest BCUT2D eigenvalue weighted by molar-refractivity contribution is 5.94. The van der Waals surface area contributed by atoms with Gasteiger partial charge in [0.1, 0.15) is 34.5 Å². The summed E-state index contributed by atoms with van der Waals surface area (Å²) in [6.45, 7) is 20.0. The first-order valence-electron chi connectivity index (χ1n) is 34.4. The van der Waals surface area contributed by atoms with Crippen molar-refractivity contribution in [1.82, 2.24) is 0 Å². The molecule has 0 bridgehead atoms. The lowest BCUT2D eigenvalue weighted by Gasteiger charge is -2.08. The van der Waals surface area contributed by atoms with Gasteiger partial charge in [-0.2, -0.15) is 0 Å². The molecule has 13 aromatic rings. The number of hydrogen-bond acceptors (Lipinski definition) is 12. The highest BCUT2D eigenvalue weighted by Crippen LogP contribution is 2.27. The number of hydrogen-bond donors (Lipinski definition) is 0. The summed E-state index contributed by atoms with van der Waals surface area (Å²) in [4.78, 5) is 72.3. The highest BCUT2D eigenvalue weighted by Gasteiger charge is 2.15. The summed E-state index contributed by atoms with van der Waals surface area (Å²) in [6.07, 6.45) is 0. The minimum atomic E-state index is -0.436. The van der Waals surface area contributed by atoms with Crippen molar-refractivity contribution in [3.05, 3.63) is 404 Å². The van der Waals surface area contributed by atoms with Crippen molar-refractivity contribution < 1.29 is 57.2 Å². The highest BCUT2D eigenvalue weighted by atomic mass is 16.6. The first kappa shape index (κ1) is 79.4. The summed E-state index contributed by atoms with van der Waals surface area (Å²) in [6, 6.07) is 96.4. The zero-order valence-corrected chi connectivity index (χ0v) is 60.9. The molecule has 0 aromatic heterocycles. The average molecular weight is 1420 g/mol. The number of carbonyl (C=O) groups is 6. The second-order valence-corrected chi connectivity index (χ2v) is 25.4. The maximum Gasteiger partial charge on any atom is 0.343 e. The fourth-order valence-corrected chi connectivity index (χ4v) is 9.84. The Bertz CT molecular complexity index is 4690. The van der Waals surface area contributed by atoms with E-state index in [0.29, 0.717) is 67.9 Å². The van der Waals surface area contributed by atoms with Gasteiger partial charge in [0.05, 0.1) is 33.4 Å². The Balaban J connectivity index is 0.000000174. The molecule has 0 N–H and O–H groups in total. The Morgan fingerprint density at radius 1 is 0.150 bits per heavy atom. The summed E-state index contributed by atoms with van der Waals surface area (Å²) in [5.41, 5.74) is 19.0. The molecule has 0 saturated heterocycles. The first-order chi connectivity index (χ1) is 51.0. The number of esters is 6. The van der Waals surface area contributed by atoms with E-state index in [-0.39, 0.29) is 19.4 Å². The van der Waals surface area contributed by atoms with Crippen molar-refractivity contribution in [2.45, 2.75) is 76.7 Å². The van der Waals surface area contributed by atoms with Crippen molar-refractivity contribution >= 4 is 35.8 Å². The van der Waals surface area contributed by atoms with Crippen LogP contribution < -0.4 is 28.4 Å². The second kappa shape index (κ2) is 39.4. The third-order valence-electron chi connectivity index (χ3n) is 16.3. The molecule has 0 aliphatic rings. The average Bonchev–Trinajstić information content (AvgIpc) is 0.839. The van der Waals surface area contributed by atoms with Gasteiger partial charge in [-0.15, -0.1) is 0 Å². The number of ether oxygens (including phenoxy) is 6. The molecule has 13 aromatic carbocycles. The van der Waals surface area contributed by atoms with E-state index in [1.54, 1.807) is 146 Å². The van der Waals surface area contributed by atoms with Gasteiger partial charge in [-0.3, -0.25) is 0 Å². The molecule has 107 heavy (non-hydrogen) atoms. The Labute approximate surface area is 627 Å². The lowest BCUT2D eigenvalue weighted by Crippen LogP contribution is -2.09. The fraction of sp³-hybridized carbons (Fsp3) is 0.116. The maximum atomic E-state index is 12.3. The van der Waals surface area contributed by atoms with Crippen LogP contribution in [0.25, 0.3) is 22.3 Å². The van der Waals surface area contributed by atoms with Gasteiger partial charge < -0.3 is 28.4 Å². The molecular weight excluding hydrogens is 1330 g/mol. The van der Waals surface area contributed by atoms with E-state index in [0.717, 1.165) is 55.6 Å². The molecule has 0 amide bonds. The second-order valence-electron chi connectivity index (χ2n) is 25.4. The summed E-state index contributed by atoms with van der Waals surface area (Å²) >= 11 is 0. The van der Waals surface area contributed by atoms with Crippen LogP contribution in [0.4, 0.5) is 0 Å². The minimum Gasteiger partial charge on any atom is -0.423 e. The van der Waals surface area contributed by atoms with Crippen LogP contribution in [-0.2, 0) is 0 Å². The number of rotatable bonds is 14. The van der Waals surface area contributed by atoms with Crippen molar-refractivity contribution in [3.8, 4) is 56.8 Å². The zero-order chi connectivity index (χ0) is 75.5. The smallest absolute Gasteiger partial charge is 0.343 e. The third-order valence-corrected chi connectivity index (χ3v) is 16.3. The van der Waals surface area contributed by atoms with Crippen molar-refractivity contribution in [2.24, 2.45) is 0 Å². The van der Waals surface area contributed by atoms with E-state index in [9.17, 15) is 28.8 Å². The summed E-state index contributed by atoms with van der Waals surface area (Å²) < 4.78 is 32.0. The molecular formula is C95H86O12. The predicted molar refractivity (Wildman–Crippen MR) is 426 cm³/mol. The Morgan fingerprint density at radius 3 is 0.383 bits per heavy atom. The predicted octanol–water partition coefficient (Wildman–Crippen LogP) is 22.8. The first-order valence-corrected chi connectivity index (χ1v) is 34.4. The molecule has 0 fully saturated rings. The minimum absolute atomic E-state index is 0. The van der Waals surface area contributed by atoms with Crippen LogP contribution in [0.3, 0.4) is 0 Å². The largest absolute Gasteiger partial charge is 0.423 e. The van der Waals surface area contributed by atoms with E-state index < -0.39 is 23.9 Å². The van der Waals surface area contributed by atoms with Gasteiger partial charge in [0.2, 0.25) is 0 Å². The normalized spacial score (nSPS) is 10.1. The fourth-order valence-electron chi connectivity index (χ4n) is 9.84. The number of benzene rings is 13. The summed E-state index contributed by atoms with van der Waals surface area (Å²) in [5.74, 6) is 0.547. The molecule has 0 heterocycles. The van der Waals surface area contributed by atoms with Crippen molar-refractivity contribution in [3.63, 3.8) is 0 Å². The van der Waals surface area contributed by atoms with Crippen molar-refractivity contribution in [2.75, 3.05) is 0 Å². The van der Waals surface area contributed by atoms with Crippen LogP contribution in [0.2, 0.25) is 0 Å². The molecule has 0 aliphatic heterocycles. The van der Waals surface area contributed by atoms with Crippen molar-refractivity contribution in [1.29, 1.82) is 0 Å². The van der Waals surface area contributed by atoms with Crippen LogP contribution in [0.15, 0.2) is 315 Å². The topological polar surface area (TPSA) is 158 Å². The molecule has 13 rings (SSSR count). The van der Waals surface area contributed by atoms with Crippen LogP contribution >= 0.6 is 0 Å². The van der Waals surface area contributed by atoms with Crippen LogP contribution in [-0.4, -0.2) is 35.8 Å². The van der Waals surface area contributed by atoms with E-state index >= 15 is 0 Å². The van der Waals surface area contributed by atoms with Gasteiger partial charge in [0.15, 0.2) is 0 Å². The van der Waals surface area contributed by atoms with Gasteiger partial charge in [-0.25, -0.2) is 28.8 Å². The van der Waals surface area contributed by atoms with Gasteiger partial charge in [0.25, 0.3) is 0 Å². The summed E-state index contributed by atoms with van der Waals surface area (Å²) in [5, 5.41) is 0. The van der Waals surface area contributed by atoms with E-state index in [1.807, 2.05) is 177 Å². The van der Waals surface area contributed by atoms with Gasteiger partial charge in [0, 0.05) is 0 Å². The molecule has 0 atom stereocenters. The molecule has 538 valence electrons. The Morgan fingerprint density at radius 2 is 0.243 bits per heavy atom. The monoisotopic (exact) mass is 1420 g/mol. The van der Waals surface area contributed by atoms with Crippen LogP contribution in [0.5, 0.6) is 34.5 Å². The van der Waals surface area contributed by atoms with E-state index in [1.165, 1.54) is 22.3 Å². The Hall–Kier alpha value is -13.3. The quantitative estimate of drug-likeness (QED) is 0.0751. The standard InChI is InChI=1S/C28H22O4.C22H18O4.2C15H14O2.C14H14.CH4/c1-19-3-7-23(8-4-19)27(29)31-25-15-11-21(12-16-25)22-13-17-26(18-14-22)32-28(30)24-9-5-20(2)6-10-24;1-15-3-7-17(8-4-15)21(23)25-19-11-13-20(14-12-19)26-22(24)18-9-5-16(2)6-10-18;2*1-11-3-7-13(8-4-11)15(16)17-14-9-5-12(2)6-10-14;1-11-3-7-13(8-4-11)14-9-5-12(2)6-10-14;/h3-18H,1-2H3;3-14H,1-2H3;2*3-10H,1-2H3;3-10H,1-2H3;1H4. The van der Waals surface area contributed by atoms with Crippen LogP contribution in [0.1, 0.15) is 125 Å². The summed E-state index contributed by atoms with van der Waals surface area (Å²) in [7, 11) is 0. The number of carbonyl (C=O) groups excluding carboxylic acids is 6. The van der Waals surface area contributed by atoms with Gasteiger partial charge in [-0.1, -0.05) is 233 Å². The molecule has 0 unspecified atom stereocenters. The van der Waals surface area contributed by atoms with E-state index in [4.69, 9.17) is 28.4 Å². The molecule has 12 heteroatoms. The SMILES string of the molecule is C.Cc1ccc(-c2ccc(C)cc2)cc1.Cc1ccc(C(=O)Oc2ccc(-c3ccc(OC(=O)c4ccc(C)cc4)cc3)cc2)cc1.Cc1ccc(C(=O)Oc2ccc(OC(=O)c3ccc(C)cc3)cc2)cc1.Cc1ccc(OC(=O)c2ccc(C)cc2)cc1.Cc1ccc(OC(=O)c2ccc(C)cc2)cc1. The van der Waals surface area contributed by atoms with Crippen LogP contribution in [0, 0.1) is 69.2 Å². The molecule has 0 saturated carbocycles.